The summed E-state index contributed by atoms with van der Waals surface area (Å²) in [6.07, 6.45) is 0. The molecule has 4 nitrogen and oxygen atoms in total. The van der Waals surface area contributed by atoms with Crippen molar-refractivity contribution in [2.24, 2.45) is 0 Å². The molecule has 2 heterocycles. The van der Waals surface area contributed by atoms with E-state index in [1.165, 1.54) is 4.90 Å². The van der Waals surface area contributed by atoms with Gasteiger partial charge in [0, 0.05) is 4.88 Å². The molecule has 2 rings (SSSR count). The Labute approximate surface area is 85.5 Å². The fourth-order valence-electron chi connectivity index (χ4n) is 1.45. The van der Waals surface area contributed by atoms with Crippen LogP contribution < -0.4 is 5.32 Å². The van der Waals surface area contributed by atoms with Gasteiger partial charge in [-0.15, -0.1) is 11.3 Å². The fourth-order valence-corrected chi connectivity index (χ4v) is 2.25. The molecule has 3 amide bonds. The predicted octanol–water partition coefficient (Wildman–Crippen LogP) is 1.36. The first-order chi connectivity index (χ1) is 6.68. The van der Waals surface area contributed by atoms with Crippen LogP contribution in [0.25, 0.3) is 0 Å². The first-order valence-corrected chi connectivity index (χ1v) is 5.20. The molecule has 1 atom stereocenters. The van der Waals surface area contributed by atoms with Crippen LogP contribution in [0.1, 0.15) is 17.8 Å². The Kier molecular flexibility index (Phi) is 2.25. The Hall–Kier alpha value is -1.36. The van der Waals surface area contributed by atoms with Gasteiger partial charge in [0.25, 0.3) is 0 Å². The normalized spacial score (nSPS) is 18.5. The smallest absolute Gasteiger partial charge is 0.308 e. The lowest BCUT2D eigenvalue weighted by Gasteiger charge is -2.20. The second-order valence-corrected chi connectivity index (χ2v) is 4.15. The summed E-state index contributed by atoms with van der Waals surface area (Å²) < 4.78 is 0. The first-order valence-electron chi connectivity index (χ1n) is 4.32. The van der Waals surface area contributed by atoms with Crippen molar-refractivity contribution in [1.29, 1.82) is 0 Å². The third-order valence-electron chi connectivity index (χ3n) is 2.24. The molecule has 1 N–H and O–H groups in total. The first kappa shape index (κ1) is 9.21. The Morgan fingerprint density at radius 3 is 2.86 bits per heavy atom. The summed E-state index contributed by atoms with van der Waals surface area (Å²) in [7, 11) is 0. The van der Waals surface area contributed by atoms with Crippen molar-refractivity contribution >= 4 is 23.3 Å². The lowest BCUT2D eigenvalue weighted by molar-refractivity contribution is -0.118. The molecular weight excluding hydrogens is 200 g/mol. The summed E-state index contributed by atoms with van der Waals surface area (Å²) >= 11 is 1.59. The third kappa shape index (κ3) is 1.50. The van der Waals surface area contributed by atoms with Crippen molar-refractivity contribution < 1.29 is 9.59 Å². The predicted molar refractivity (Wildman–Crippen MR) is 53.0 cm³/mol. The lowest BCUT2D eigenvalue weighted by atomic mass is 10.2. The van der Waals surface area contributed by atoms with Gasteiger partial charge in [0.05, 0.1) is 6.04 Å². The molecule has 1 aromatic heterocycles. The van der Waals surface area contributed by atoms with E-state index in [4.69, 9.17) is 0 Å². The van der Waals surface area contributed by atoms with Gasteiger partial charge in [0.1, 0.15) is 6.54 Å². The highest BCUT2D eigenvalue weighted by Gasteiger charge is 2.31. The standard InChI is InChI=1S/C9H10N2O2S/c1-6(7-3-2-4-14-7)11-5-8(12)10-9(11)13/h2-4,6H,5H2,1H3,(H,10,12,13). The second-order valence-electron chi connectivity index (χ2n) is 3.17. The van der Waals surface area contributed by atoms with Gasteiger partial charge in [-0.3, -0.25) is 10.1 Å². The molecule has 0 aromatic carbocycles. The largest absolute Gasteiger partial charge is 0.325 e. The van der Waals surface area contributed by atoms with Gasteiger partial charge in [-0.05, 0) is 18.4 Å². The molecule has 1 aliphatic rings. The zero-order valence-corrected chi connectivity index (χ0v) is 8.50. The molecule has 74 valence electrons. The minimum absolute atomic E-state index is 0.0264. The summed E-state index contributed by atoms with van der Waals surface area (Å²) in [5, 5.41) is 4.22. The highest BCUT2D eigenvalue weighted by molar-refractivity contribution is 7.10. The summed E-state index contributed by atoms with van der Waals surface area (Å²) in [6, 6.07) is 3.58. The van der Waals surface area contributed by atoms with Crippen LogP contribution in [-0.4, -0.2) is 23.4 Å². The number of carbonyl (C=O) groups is 2. The highest BCUT2D eigenvalue weighted by atomic mass is 32.1. The van der Waals surface area contributed by atoms with E-state index in [9.17, 15) is 9.59 Å². The zero-order valence-electron chi connectivity index (χ0n) is 7.69. The van der Waals surface area contributed by atoms with Crippen LogP contribution in [0.15, 0.2) is 17.5 Å². The van der Waals surface area contributed by atoms with Crippen LogP contribution in [0.4, 0.5) is 4.79 Å². The molecule has 0 bridgehead atoms. The maximum atomic E-state index is 11.3. The molecule has 1 saturated heterocycles. The van der Waals surface area contributed by atoms with Gasteiger partial charge < -0.3 is 4.90 Å². The monoisotopic (exact) mass is 210 g/mol. The maximum Gasteiger partial charge on any atom is 0.325 e. The number of urea groups is 1. The van der Waals surface area contributed by atoms with E-state index in [2.05, 4.69) is 5.32 Å². The van der Waals surface area contributed by atoms with Crippen LogP contribution in [0.5, 0.6) is 0 Å². The van der Waals surface area contributed by atoms with E-state index in [0.29, 0.717) is 0 Å². The molecule has 0 radical (unpaired) electrons. The van der Waals surface area contributed by atoms with E-state index in [0.717, 1.165) is 4.88 Å². The molecule has 1 fully saturated rings. The van der Waals surface area contributed by atoms with E-state index in [1.807, 2.05) is 24.4 Å². The van der Waals surface area contributed by atoms with E-state index in [-0.39, 0.29) is 24.5 Å². The molecular formula is C9H10N2O2S. The molecule has 1 aliphatic heterocycles. The molecule has 0 spiro atoms. The number of nitrogens with one attached hydrogen (secondary N) is 1. The minimum Gasteiger partial charge on any atom is -0.308 e. The molecule has 0 saturated carbocycles. The lowest BCUT2D eigenvalue weighted by Crippen LogP contribution is -2.30. The molecule has 0 aliphatic carbocycles. The zero-order chi connectivity index (χ0) is 10.1. The van der Waals surface area contributed by atoms with Crippen LogP contribution in [0.3, 0.4) is 0 Å². The van der Waals surface area contributed by atoms with Gasteiger partial charge in [0.15, 0.2) is 0 Å². The van der Waals surface area contributed by atoms with Crippen LogP contribution >= 0.6 is 11.3 Å². The van der Waals surface area contributed by atoms with Crippen molar-refractivity contribution in [3.63, 3.8) is 0 Å². The average molecular weight is 210 g/mol. The van der Waals surface area contributed by atoms with E-state index in [1.54, 1.807) is 11.3 Å². The van der Waals surface area contributed by atoms with Gasteiger partial charge in [-0.1, -0.05) is 6.07 Å². The summed E-state index contributed by atoms with van der Waals surface area (Å²) in [6.45, 7) is 2.09. The summed E-state index contributed by atoms with van der Waals surface area (Å²) in [5.74, 6) is -0.224. The Morgan fingerprint density at radius 1 is 1.57 bits per heavy atom. The number of imide groups is 1. The fraction of sp³-hybridized carbons (Fsp3) is 0.333. The molecule has 14 heavy (non-hydrogen) atoms. The van der Waals surface area contributed by atoms with E-state index >= 15 is 0 Å². The quantitative estimate of drug-likeness (QED) is 0.749. The molecule has 1 unspecified atom stereocenters. The number of carbonyl (C=O) groups excluding carboxylic acids is 2. The third-order valence-corrected chi connectivity index (χ3v) is 3.29. The number of nitrogens with zero attached hydrogens (tertiary/aromatic N) is 1. The Morgan fingerprint density at radius 2 is 2.36 bits per heavy atom. The SMILES string of the molecule is CC(c1cccs1)N1CC(=O)NC1=O. The topological polar surface area (TPSA) is 49.4 Å². The van der Waals surface area contributed by atoms with Crippen LogP contribution in [0.2, 0.25) is 0 Å². The number of hydrogen-bond acceptors (Lipinski definition) is 3. The summed E-state index contributed by atoms with van der Waals surface area (Å²) in [4.78, 5) is 24.9. The van der Waals surface area contributed by atoms with Crippen molar-refractivity contribution in [1.82, 2.24) is 10.2 Å². The number of hydrogen-bond donors (Lipinski definition) is 1. The van der Waals surface area contributed by atoms with Gasteiger partial charge in [0.2, 0.25) is 5.91 Å². The van der Waals surface area contributed by atoms with Crippen molar-refractivity contribution in [2.45, 2.75) is 13.0 Å². The van der Waals surface area contributed by atoms with Gasteiger partial charge in [-0.25, -0.2) is 4.79 Å². The van der Waals surface area contributed by atoms with Crippen molar-refractivity contribution in [3.8, 4) is 0 Å². The van der Waals surface area contributed by atoms with Gasteiger partial charge in [-0.2, -0.15) is 0 Å². The highest BCUT2D eigenvalue weighted by Crippen LogP contribution is 2.25. The number of thiophene rings is 1. The van der Waals surface area contributed by atoms with Crippen molar-refractivity contribution in [3.05, 3.63) is 22.4 Å². The maximum absolute atomic E-state index is 11.3. The summed E-state index contributed by atoms with van der Waals surface area (Å²) in [5.41, 5.74) is 0. The molecule has 1 aromatic rings. The molecule has 5 heteroatoms. The second kappa shape index (κ2) is 3.42. The van der Waals surface area contributed by atoms with E-state index < -0.39 is 0 Å². The van der Waals surface area contributed by atoms with Crippen LogP contribution in [0, 0.1) is 0 Å². The Bertz CT molecular complexity index is 361. The Balaban J connectivity index is 2.16. The van der Waals surface area contributed by atoms with Gasteiger partial charge >= 0.3 is 6.03 Å². The van der Waals surface area contributed by atoms with Crippen LogP contribution in [-0.2, 0) is 4.79 Å². The number of rotatable bonds is 2. The number of amides is 3. The van der Waals surface area contributed by atoms with Crippen molar-refractivity contribution in [2.75, 3.05) is 6.54 Å². The minimum atomic E-state index is -0.295. The average Bonchev–Trinajstić information content (AvgIpc) is 2.73.